The molecule has 2 saturated heterocycles. The van der Waals surface area contributed by atoms with Crippen LogP contribution in [0.15, 0.2) is 29.3 Å². The lowest BCUT2D eigenvalue weighted by atomic mass is 10.1. The maximum absolute atomic E-state index is 12.6. The zero-order chi connectivity index (χ0) is 20.0. The van der Waals surface area contributed by atoms with Crippen LogP contribution in [0.25, 0.3) is 0 Å². The van der Waals surface area contributed by atoms with Gasteiger partial charge in [0, 0.05) is 31.8 Å². The number of nitrogens with zero attached hydrogens (tertiary/aromatic N) is 2. The Balaban J connectivity index is 0.00000300. The average Bonchev–Trinajstić information content (AvgIpc) is 3.20. The van der Waals surface area contributed by atoms with E-state index >= 15 is 0 Å². The van der Waals surface area contributed by atoms with Crippen LogP contribution in [0, 0.1) is 0 Å². The maximum atomic E-state index is 12.6. The van der Waals surface area contributed by atoms with E-state index in [4.69, 9.17) is 9.47 Å². The first-order valence-corrected chi connectivity index (χ1v) is 9.56. The summed E-state index contributed by atoms with van der Waals surface area (Å²) in [6, 6.07) is 6.06. The second-order valence-corrected chi connectivity index (χ2v) is 6.73. The molecule has 2 unspecified atom stereocenters. The number of hydrogen-bond acceptors (Lipinski definition) is 4. The van der Waals surface area contributed by atoms with Gasteiger partial charge < -0.3 is 24.4 Å². The topological polar surface area (TPSA) is 55.3 Å². The Bertz CT molecular complexity index is 670. The number of ether oxygens (including phenoxy) is 3. The Morgan fingerprint density at radius 3 is 2.69 bits per heavy atom. The van der Waals surface area contributed by atoms with Gasteiger partial charge in [-0.05, 0) is 25.8 Å². The van der Waals surface area contributed by atoms with Crippen LogP contribution in [0.4, 0.5) is 13.2 Å². The molecule has 0 saturated carbocycles. The Labute approximate surface area is 185 Å². The number of guanidine groups is 1. The second kappa shape index (κ2) is 11.2. The SMILES string of the molecule is CCNC(=NCc1ccccc1OC(F)(F)F)N1CCOC(C2CCCO2)C1.I. The van der Waals surface area contributed by atoms with E-state index in [1.165, 1.54) is 12.1 Å². The van der Waals surface area contributed by atoms with Gasteiger partial charge in [0.25, 0.3) is 0 Å². The molecule has 2 heterocycles. The summed E-state index contributed by atoms with van der Waals surface area (Å²) in [5.41, 5.74) is 0.374. The van der Waals surface area contributed by atoms with Crippen molar-refractivity contribution < 1.29 is 27.4 Å². The van der Waals surface area contributed by atoms with Gasteiger partial charge in [-0.25, -0.2) is 4.99 Å². The van der Waals surface area contributed by atoms with E-state index in [-0.39, 0.29) is 48.5 Å². The zero-order valence-electron chi connectivity index (χ0n) is 16.3. The van der Waals surface area contributed by atoms with E-state index in [1.807, 2.05) is 6.92 Å². The summed E-state index contributed by atoms with van der Waals surface area (Å²) in [4.78, 5) is 6.62. The third-order valence-electron chi connectivity index (χ3n) is 4.70. The van der Waals surface area contributed by atoms with Gasteiger partial charge in [-0.2, -0.15) is 0 Å². The van der Waals surface area contributed by atoms with Gasteiger partial charge in [-0.1, -0.05) is 18.2 Å². The minimum Gasteiger partial charge on any atom is -0.405 e. The van der Waals surface area contributed by atoms with Crippen LogP contribution >= 0.6 is 24.0 Å². The van der Waals surface area contributed by atoms with E-state index in [0.29, 0.717) is 37.8 Å². The number of hydrogen-bond donors (Lipinski definition) is 1. The highest BCUT2D eigenvalue weighted by atomic mass is 127. The molecule has 0 aromatic heterocycles. The number of aliphatic imine (C=N–C) groups is 1. The van der Waals surface area contributed by atoms with E-state index in [0.717, 1.165) is 19.4 Å². The first-order valence-electron chi connectivity index (χ1n) is 9.56. The fraction of sp³-hybridized carbons (Fsp3) is 0.632. The number of alkyl halides is 3. The van der Waals surface area contributed by atoms with Crippen LogP contribution in [-0.2, 0) is 16.0 Å². The Kier molecular flexibility index (Phi) is 9.28. The molecule has 6 nitrogen and oxygen atoms in total. The molecule has 2 aliphatic heterocycles. The van der Waals surface area contributed by atoms with Crippen molar-refractivity contribution in [3.05, 3.63) is 29.8 Å². The molecule has 2 aliphatic rings. The monoisotopic (exact) mass is 529 g/mol. The van der Waals surface area contributed by atoms with Gasteiger partial charge in [0.1, 0.15) is 11.9 Å². The molecule has 2 fully saturated rings. The summed E-state index contributed by atoms with van der Waals surface area (Å²) in [7, 11) is 0. The smallest absolute Gasteiger partial charge is 0.405 e. The molecule has 1 N–H and O–H groups in total. The number of para-hydroxylation sites is 1. The molecule has 1 aromatic carbocycles. The van der Waals surface area contributed by atoms with E-state index in [9.17, 15) is 13.2 Å². The summed E-state index contributed by atoms with van der Waals surface area (Å²) in [6.45, 7) is 5.30. The van der Waals surface area contributed by atoms with Crippen LogP contribution in [0.2, 0.25) is 0 Å². The van der Waals surface area contributed by atoms with Crippen molar-refractivity contribution in [1.29, 1.82) is 0 Å². The van der Waals surface area contributed by atoms with E-state index in [1.54, 1.807) is 12.1 Å². The Morgan fingerprint density at radius 1 is 1.24 bits per heavy atom. The first-order chi connectivity index (χ1) is 13.5. The third-order valence-corrected chi connectivity index (χ3v) is 4.70. The summed E-state index contributed by atoms with van der Waals surface area (Å²) in [6.07, 6.45) is -2.65. The maximum Gasteiger partial charge on any atom is 0.573 e. The largest absolute Gasteiger partial charge is 0.573 e. The molecule has 0 spiro atoms. The molecule has 3 rings (SSSR count). The minimum absolute atomic E-state index is 0. The fourth-order valence-corrected chi connectivity index (χ4v) is 3.43. The molecule has 0 amide bonds. The second-order valence-electron chi connectivity index (χ2n) is 6.73. The lowest BCUT2D eigenvalue weighted by Crippen LogP contribution is -2.53. The molecule has 2 atom stereocenters. The van der Waals surface area contributed by atoms with Gasteiger partial charge in [0.2, 0.25) is 0 Å². The van der Waals surface area contributed by atoms with E-state index in [2.05, 4.69) is 19.9 Å². The number of benzene rings is 1. The van der Waals surface area contributed by atoms with Crippen molar-refractivity contribution in [3.8, 4) is 5.75 Å². The van der Waals surface area contributed by atoms with Crippen molar-refractivity contribution in [3.63, 3.8) is 0 Å². The standard InChI is InChI=1S/C19H26F3N3O3.HI/c1-2-23-18(25-9-11-27-17(13-25)16-8-5-10-26-16)24-12-14-6-3-4-7-15(14)28-19(20,21)22;/h3-4,6-7,16-17H,2,5,8-13H2,1H3,(H,23,24);1H. The number of halogens is 4. The van der Waals surface area contributed by atoms with Crippen LogP contribution in [-0.4, -0.2) is 62.3 Å². The molecule has 0 aliphatic carbocycles. The Hall–Kier alpha value is -1.27. The van der Waals surface area contributed by atoms with E-state index < -0.39 is 6.36 Å². The molecule has 29 heavy (non-hydrogen) atoms. The number of rotatable bonds is 5. The molecule has 164 valence electrons. The van der Waals surface area contributed by atoms with Crippen molar-refractivity contribution in [1.82, 2.24) is 10.2 Å². The number of nitrogens with one attached hydrogen (secondary N) is 1. The van der Waals surface area contributed by atoms with Crippen molar-refractivity contribution in [2.24, 2.45) is 4.99 Å². The molecular weight excluding hydrogens is 502 g/mol. The summed E-state index contributed by atoms with van der Waals surface area (Å²) in [5, 5.41) is 3.22. The quantitative estimate of drug-likeness (QED) is 0.360. The van der Waals surface area contributed by atoms with Crippen molar-refractivity contribution in [2.45, 2.75) is 44.9 Å². The third kappa shape index (κ3) is 7.18. The summed E-state index contributed by atoms with van der Waals surface area (Å²) < 4.78 is 53.6. The van der Waals surface area contributed by atoms with Gasteiger partial charge in [0.15, 0.2) is 5.96 Å². The summed E-state index contributed by atoms with van der Waals surface area (Å²) in [5.74, 6) is 0.421. The van der Waals surface area contributed by atoms with Gasteiger partial charge in [-0.15, -0.1) is 37.1 Å². The minimum atomic E-state index is -4.73. The van der Waals surface area contributed by atoms with Crippen LogP contribution in [0.1, 0.15) is 25.3 Å². The van der Waals surface area contributed by atoms with Crippen LogP contribution in [0.5, 0.6) is 5.75 Å². The highest BCUT2D eigenvalue weighted by molar-refractivity contribution is 14.0. The Morgan fingerprint density at radius 2 is 2.00 bits per heavy atom. The normalized spacial score (nSPS) is 22.9. The molecule has 10 heteroatoms. The molecule has 0 radical (unpaired) electrons. The highest BCUT2D eigenvalue weighted by Gasteiger charge is 2.33. The molecular formula is C19H27F3IN3O3. The average molecular weight is 529 g/mol. The van der Waals surface area contributed by atoms with Gasteiger partial charge in [0.05, 0.1) is 19.3 Å². The lowest BCUT2D eigenvalue weighted by Gasteiger charge is -2.37. The van der Waals surface area contributed by atoms with Gasteiger partial charge in [-0.3, -0.25) is 0 Å². The lowest BCUT2D eigenvalue weighted by molar-refractivity contribution is -0.274. The van der Waals surface area contributed by atoms with Crippen molar-refractivity contribution in [2.75, 3.05) is 32.8 Å². The summed E-state index contributed by atoms with van der Waals surface area (Å²) >= 11 is 0. The first kappa shape index (κ1) is 24.0. The van der Waals surface area contributed by atoms with Crippen molar-refractivity contribution >= 4 is 29.9 Å². The molecule has 1 aromatic rings. The molecule has 0 bridgehead atoms. The highest BCUT2D eigenvalue weighted by Crippen LogP contribution is 2.27. The zero-order valence-corrected chi connectivity index (χ0v) is 18.6. The van der Waals surface area contributed by atoms with Crippen LogP contribution in [0.3, 0.4) is 0 Å². The van der Waals surface area contributed by atoms with Gasteiger partial charge >= 0.3 is 6.36 Å². The predicted octanol–water partition coefficient (Wildman–Crippen LogP) is 3.55. The fourth-order valence-electron chi connectivity index (χ4n) is 3.43. The number of morpholine rings is 1. The van der Waals surface area contributed by atoms with Crippen LogP contribution < -0.4 is 10.1 Å². The predicted molar refractivity (Wildman–Crippen MR) is 114 cm³/mol.